The Balaban J connectivity index is 1.76. The molecule has 2 aliphatic heterocycles. The summed E-state index contributed by atoms with van der Waals surface area (Å²) in [5, 5.41) is 2.07. The number of thiophene rings is 1. The van der Waals surface area contributed by atoms with Crippen LogP contribution in [0.3, 0.4) is 0 Å². The molecule has 1 aromatic heterocycles. The van der Waals surface area contributed by atoms with E-state index in [9.17, 15) is 0 Å². The number of hydrogen-bond acceptors (Lipinski definition) is 3. The van der Waals surface area contributed by atoms with Crippen LogP contribution >= 0.6 is 11.3 Å². The van der Waals surface area contributed by atoms with Gasteiger partial charge in [-0.3, -0.25) is 0 Å². The van der Waals surface area contributed by atoms with Gasteiger partial charge in [0, 0.05) is 11.3 Å². The summed E-state index contributed by atoms with van der Waals surface area (Å²) in [5.41, 5.74) is 0. The van der Waals surface area contributed by atoms with E-state index < -0.39 is 5.79 Å². The van der Waals surface area contributed by atoms with E-state index >= 15 is 0 Å². The zero-order valence-electron chi connectivity index (χ0n) is 9.02. The molecule has 0 bridgehead atoms. The maximum absolute atomic E-state index is 5.90. The monoisotopic (exact) mass is 234 g/mol. The Morgan fingerprint density at radius 3 is 3.12 bits per heavy atom. The van der Waals surface area contributed by atoms with Gasteiger partial charge >= 0.3 is 0 Å². The largest absolute Gasteiger partial charge is 0.459 e. The molecule has 1 atom stereocenters. The Kier molecular flexibility index (Phi) is 2.58. The normalized spacial score (nSPS) is 31.1. The van der Waals surface area contributed by atoms with E-state index in [4.69, 9.17) is 9.47 Å². The van der Waals surface area contributed by atoms with Gasteiger partial charge in [-0.1, -0.05) is 6.07 Å². The van der Waals surface area contributed by atoms with Crippen LogP contribution in [0.25, 0.3) is 6.08 Å². The van der Waals surface area contributed by atoms with E-state index in [-0.39, 0.29) is 0 Å². The highest BCUT2D eigenvalue weighted by atomic mass is 32.1. The van der Waals surface area contributed by atoms with Crippen LogP contribution in [0.1, 0.15) is 24.1 Å². The highest BCUT2D eigenvalue weighted by Gasteiger charge is 2.36. The van der Waals surface area contributed by atoms with Crippen LogP contribution in [-0.2, 0) is 9.47 Å². The third-order valence-electron chi connectivity index (χ3n) is 2.89. The number of ether oxygens (including phenoxy) is 2. The third kappa shape index (κ3) is 1.93. The molecule has 1 saturated heterocycles. The van der Waals surface area contributed by atoms with Crippen molar-refractivity contribution in [1.29, 1.82) is 0 Å². The first-order valence-corrected chi connectivity index (χ1v) is 6.52. The van der Waals surface area contributed by atoms with Crippen molar-refractivity contribution in [3.05, 3.63) is 40.3 Å². The summed E-state index contributed by atoms with van der Waals surface area (Å²) in [7, 11) is 0. The summed E-state index contributed by atoms with van der Waals surface area (Å²) in [6.45, 7) is 0.802. The molecule has 3 heteroatoms. The van der Waals surface area contributed by atoms with Crippen molar-refractivity contribution in [2.45, 2.75) is 25.0 Å². The maximum Gasteiger partial charge on any atom is 0.230 e. The van der Waals surface area contributed by atoms with Gasteiger partial charge in [0.15, 0.2) is 0 Å². The molecule has 0 aliphatic carbocycles. The average molecular weight is 234 g/mol. The molecule has 1 fully saturated rings. The summed E-state index contributed by atoms with van der Waals surface area (Å²) >= 11 is 1.71. The predicted octanol–water partition coefficient (Wildman–Crippen LogP) is 3.57. The first-order chi connectivity index (χ1) is 7.86. The minimum atomic E-state index is -0.457. The van der Waals surface area contributed by atoms with Crippen LogP contribution in [0.4, 0.5) is 0 Å². The topological polar surface area (TPSA) is 18.5 Å². The van der Waals surface area contributed by atoms with Crippen molar-refractivity contribution >= 4 is 17.4 Å². The minimum absolute atomic E-state index is 0.457. The molecule has 0 saturated carbocycles. The molecule has 2 aliphatic rings. The second kappa shape index (κ2) is 4.07. The van der Waals surface area contributed by atoms with Crippen LogP contribution < -0.4 is 0 Å². The molecule has 3 heterocycles. The van der Waals surface area contributed by atoms with Crippen molar-refractivity contribution in [1.82, 2.24) is 0 Å². The summed E-state index contributed by atoms with van der Waals surface area (Å²) < 4.78 is 11.6. The molecule has 3 rings (SSSR count). The lowest BCUT2D eigenvalue weighted by Crippen LogP contribution is -2.34. The molecule has 0 radical (unpaired) electrons. The van der Waals surface area contributed by atoms with Crippen molar-refractivity contribution in [2.24, 2.45) is 0 Å². The van der Waals surface area contributed by atoms with E-state index in [1.54, 1.807) is 11.3 Å². The molecule has 0 aromatic carbocycles. The number of allylic oxidation sites excluding steroid dienone is 1. The molecule has 1 unspecified atom stereocenters. The van der Waals surface area contributed by atoms with Gasteiger partial charge in [-0.25, -0.2) is 0 Å². The Morgan fingerprint density at radius 1 is 1.38 bits per heavy atom. The second-order valence-electron chi connectivity index (χ2n) is 4.11. The third-order valence-corrected chi connectivity index (χ3v) is 3.71. The van der Waals surface area contributed by atoms with Crippen molar-refractivity contribution in [3.63, 3.8) is 0 Å². The maximum atomic E-state index is 5.90. The van der Waals surface area contributed by atoms with Gasteiger partial charge in [0.2, 0.25) is 5.79 Å². The highest BCUT2D eigenvalue weighted by Crippen LogP contribution is 2.35. The van der Waals surface area contributed by atoms with Gasteiger partial charge in [-0.2, -0.15) is 0 Å². The van der Waals surface area contributed by atoms with Crippen LogP contribution in [0.2, 0.25) is 0 Å². The summed E-state index contributed by atoms with van der Waals surface area (Å²) in [4.78, 5) is 1.22. The lowest BCUT2D eigenvalue weighted by atomic mass is 10.1. The van der Waals surface area contributed by atoms with Crippen LogP contribution in [0.5, 0.6) is 0 Å². The average Bonchev–Trinajstić information content (AvgIpc) is 2.92. The fourth-order valence-electron chi connectivity index (χ4n) is 2.07. The molecule has 84 valence electrons. The van der Waals surface area contributed by atoms with Crippen LogP contribution in [-0.4, -0.2) is 12.4 Å². The highest BCUT2D eigenvalue weighted by molar-refractivity contribution is 7.10. The first-order valence-electron chi connectivity index (χ1n) is 5.64. The zero-order chi connectivity index (χ0) is 10.8. The fourth-order valence-corrected chi connectivity index (χ4v) is 2.73. The molecule has 0 amide bonds. The molecule has 1 spiro atoms. The van der Waals surface area contributed by atoms with Crippen LogP contribution in [0, 0.1) is 0 Å². The lowest BCUT2D eigenvalue weighted by Gasteiger charge is -2.31. The van der Waals surface area contributed by atoms with Crippen molar-refractivity contribution in [2.75, 3.05) is 6.61 Å². The quantitative estimate of drug-likeness (QED) is 0.739. The smallest absolute Gasteiger partial charge is 0.230 e. The Morgan fingerprint density at radius 2 is 2.38 bits per heavy atom. The van der Waals surface area contributed by atoms with E-state index in [1.165, 1.54) is 11.3 Å². The second-order valence-corrected chi connectivity index (χ2v) is 5.09. The SMILES string of the molecule is C1=CC2(CCCCO2)O/C1=C/c1cccs1. The first kappa shape index (κ1) is 10.1. The van der Waals surface area contributed by atoms with Crippen LogP contribution in [0.15, 0.2) is 35.4 Å². The van der Waals surface area contributed by atoms with Gasteiger partial charge in [-0.15, -0.1) is 11.3 Å². The van der Waals surface area contributed by atoms with E-state index in [1.807, 2.05) is 18.2 Å². The van der Waals surface area contributed by atoms with Crippen molar-refractivity contribution < 1.29 is 9.47 Å². The lowest BCUT2D eigenvalue weighted by molar-refractivity contribution is -0.191. The summed E-state index contributed by atoms with van der Waals surface area (Å²) in [6, 6.07) is 4.13. The Bertz CT molecular complexity index is 411. The Hall–Kier alpha value is -1.06. The fraction of sp³-hybridized carbons (Fsp3) is 0.385. The van der Waals surface area contributed by atoms with E-state index in [0.717, 1.165) is 25.2 Å². The Labute approximate surface area is 99.2 Å². The van der Waals surface area contributed by atoms with Crippen molar-refractivity contribution in [3.8, 4) is 0 Å². The standard InChI is InChI=1S/C13H14O2S/c1-2-8-14-13(6-1)7-5-11(15-13)10-12-4-3-9-16-12/h3-5,7,9-10H,1-2,6,8H2/b11-10+. The molecular weight excluding hydrogens is 220 g/mol. The number of rotatable bonds is 1. The molecule has 2 nitrogen and oxygen atoms in total. The molecule has 0 N–H and O–H groups in total. The predicted molar refractivity (Wildman–Crippen MR) is 65.1 cm³/mol. The molecule has 1 aromatic rings. The van der Waals surface area contributed by atoms with Gasteiger partial charge in [0.25, 0.3) is 0 Å². The minimum Gasteiger partial charge on any atom is -0.459 e. The van der Waals surface area contributed by atoms with Gasteiger partial charge in [0.1, 0.15) is 5.76 Å². The molecular formula is C13H14O2S. The van der Waals surface area contributed by atoms with E-state index in [2.05, 4.69) is 17.5 Å². The van der Waals surface area contributed by atoms with Gasteiger partial charge in [-0.05, 0) is 42.5 Å². The zero-order valence-corrected chi connectivity index (χ0v) is 9.83. The van der Waals surface area contributed by atoms with E-state index in [0.29, 0.717) is 0 Å². The summed E-state index contributed by atoms with van der Waals surface area (Å²) in [6.07, 6.45) is 9.41. The molecule has 16 heavy (non-hydrogen) atoms. The summed E-state index contributed by atoms with van der Waals surface area (Å²) in [5.74, 6) is 0.450. The van der Waals surface area contributed by atoms with Gasteiger partial charge in [0.05, 0.1) is 6.61 Å². The number of hydrogen-bond donors (Lipinski definition) is 0. The van der Waals surface area contributed by atoms with Gasteiger partial charge < -0.3 is 9.47 Å².